The van der Waals surface area contributed by atoms with Gasteiger partial charge < -0.3 is 39.0 Å². The molecule has 41 heavy (non-hydrogen) atoms. The van der Waals surface area contributed by atoms with E-state index in [9.17, 15) is 14.7 Å². The summed E-state index contributed by atoms with van der Waals surface area (Å²) < 4.78 is 28.7. The number of epoxide rings is 1. The zero-order valence-electron chi connectivity index (χ0n) is 25.3. The molecular weight excluding hydrogens is 528 g/mol. The Labute approximate surface area is 244 Å². The summed E-state index contributed by atoms with van der Waals surface area (Å²) in [4.78, 5) is 26.4. The molecule has 2 amide bonds. The van der Waals surface area contributed by atoms with Gasteiger partial charge in [-0.1, -0.05) is 30.7 Å². The Morgan fingerprint density at radius 2 is 1.90 bits per heavy atom. The number of allylic oxidation sites excluding steroid dienone is 2. The minimum atomic E-state index is -0.669. The second-order valence-electron chi connectivity index (χ2n) is 12.6. The molecular formula is C31H48N2O8. The average molecular weight is 577 g/mol. The molecule has 230 valence electrons. The number of aliphatic hydroxyl groups is 1. The molecule has 0 aromatic carbocycles. The van der Waals surface area contributed by atoms with Gasteiger partial charge >= 0.3 is 6.09 Å². The number of carbonyl (C=O) groups is 2. The first-order valence-electron chi connectivity index (χ1n) is 14.9. The molecule has 10 nitrogen and oxygen atoms in total. The van der Waals surface area contributed by atoms with Crippen LogP contribution in [0.15, 0.2) is 36.0 Å². The predicted octanol–water partition coefficient (Wildman–Crippen LogP) is 3.29. The lowest BCUT2D eigenvalue weighted by atomic mass is 9.83. The van der Waals surface area contributed by atoms with Crippen LogP contribution in [0.2, 0.25) is 0 Å². The van der Waals surface area contributed by atoms with Crippen molar-refractivity contribution >= 4 is 12.0 Å². The molecule has 0 aliphatic carbocycles. The number of hydrogen-bond donors (Lipinski definition) is 2. The minimum Gasteiger partial charge on any atom is -0.442 e. The van der Waals surface area contributed by atoms with Crippen LogP contribution in [-0.4, -0.2) is 103 Å². The third-order valence-corrected chi connectivity index (χ3v) is 8.39. The van der Waals surface area contributed by atoms with E-state index in [1.807, 2.05) is 39.8 Å². The number of ether oxygens (including phenoxy) is 5. The molecule has 4 rings (SSSR count). The lowest BCUT2D eigenvalue weighted by Crippen LogP contribution is -2.53. The van der Waals surface area contributed by atoms with Gasteiger partial charge in [0.2, 0.25) is 5.91 Å². The van der Waals surface area contributed by atoms with Crippen LogP contribution in [-0.2, 0) is 28.5 Å². The van der Waals surface area contributed by atoms with Crippen LogP contribution in [0.25, 0.3) is 0 Å². The summed E-state index contributed by atoms with van der Waals surface area (Å²) in [6.45, 7) is 14.6. The Kier molecular flexibility index (Phi) is 10.3. The molecule has 4 aliphatic heterocycles. The highest BCUT2D eigenvalue weighted by atomic mass is 16.6. The normalized spacial score (nSPS) is 36.5. The molecule has 0 aromatic rings. The Morgan fingerprint density at radius 1 is 1.20 bits per heavy atom. The molecule has 0 saturated carbocycles. The molecule has 1 spiro atoms. The number of nitrogens with zero attached hydrogens (tertiary/aromatic N) is 1. The van der Waals surface area contributed by atoms with Crippen molar-refractivity contribution in [1.29, 1.82) is 0 Å². The van der Waals surface area contributed by atoms with E-state index in [2.05, 4.69) is 18.3 Å². The fourth-order valence-corrected chi connectivity index (χ4v) is 5.91. The molecule has 0 aromatic heterocycles. The molecule has 4 saturated heterocycles. The fraction of sp³-hybridized carbons (Fsp3) is 0.742. The number of amides is 2. The molecule has 10 heteroatoms. The average Bonchev–Trinajstić information content (AvgIpc) is 3.69. The first-order valence-corrected chi connectivity index (χ1v) is 14.9. The van der Waals surface area contributed by atoms with Crippen LogP contribution in [0, 0.1) is 5.92 Å². The lowest BCUT2D eigenvalue weighted by molar-refractivity contribution is -0.171. The zero-order chi connectivity index (χ0) is 29.8. The lowest BCUT2D eigenvalue weighted by Gasteiger charge is -2.41. The van der Waals surface area contributed by atoms with Gasteiger partial charge in [0.15, 0.2) is 0 Å². The van der Waals surface area contributed by atoms with Gasteiger partial charge in [0.25, 0.3) is 0 Å². The van der Waals surface area contributed by atoms with Crippen LogP contribution < -0.4 is 5.32 Å². The molecule has 1 unspecified atom stereocenters. The summed E-state index contributed by atoms with van der Waals surface area (Å²) in [5.74, 6) is 0.0120. The Hall–Kier alpha value is -2.24. The van der Waals surface area contributed by atoms with Gasteiger partial charge in [0.05, 0.1) is 43.7 Å². The van der Waals surface area contributed by atoms with E-state index in [4.69, 9.17) is 23.7 Å². The molecule has 0 bridgehead atoms. The number of aliphatic hydroxyl groups excluding tert-OH is 1. The van der Waals surface area contributed by atoms with Crippen molar-refractivity contribution in [2.75, 3.05) is 32.9 Å². The van der Waals surface area contributed by atoms with Crippen molar-refractivity contribution in [1.82, 2.24) is 10.2 Å². The highest BCUT2D eigenvalue weighted by Crippen LogP contribution is 2.46. The standard InChI is InChI=1S/C31H48N2O8/c1-20(8-11-26-28(35)31(19-38-31)18-30(5,6)41-26)7-10-25-21(2)17-24(23(4)40-25)32-27(34)12-9-22(3)39-29(36)33-13-15-37-16-14-33/h7-9,11-12,21-26,28,35H,10,13-19H2,1-6H3,(H,32,34)/t21-,22-,23+,24?,25-,26+,28+,31+/m0/s1. The van der Waals surface area contributed by atoms with E-state index in [1.165, 1.54) is 6.08 Å². The minimum absolute atomic E-state index is 0.0373. The predicted molar refractivity (Wildman–Crippen MR) is 153 cm³/mol. The van der Waals surface area contributed by atoms with E-state index in [-0.39, 0.29) is 35.7 Å². The second-order valence-corrected chi connectivity index (χ2v) is 12.6. The van der Waals surface area contributed by atoms with Gasteiger partial charge in [-0.2, -0.15) is 0 Å². The van der Waals surface area contributed by atoms with Crippen molar-refractivity contribution < 1.29 is 38.4 Å². The van der Waals surface area contributed by atoms with Crippen molar-refractivity contribution in [3.63, 3.8) is 0 Å². The largest absolute Gasteiger partial charge is 0.442 e. The number of hydrogen-bond acceptors (Lipinski definition) is 8. The van der Waals surface area contributed by atoms with Gasteiger partial charge in [0.1, 0.15) is 23.9 Å². The van der Waals surface area contributed by atoms with Crippen molar-refractivity contribution in [3.8, 4) is 0 Å². The fourth-order valence-electron chi connectivity index (χ4n) is 5.91. The topological polar surface area (TPSA) is 119 Å². The van der Waals surface area contributed by atoms with Crippen LogP contribution in [0.3, 0.4) is 0 Å². The first kappa shape index (κ1) is 31.7. The highest BCUT2D eigenvalue weighted by molar-refractivity contribution is 5.87. The van der Waals surface area contributed by atoms with Gasteiger partial charge in [-0.15, -0.1) is 0 Å². The highest BCUT2D eigenvalue weighted by Gasteiger charge is 2.60. The van der Waals surface area contributed by atoms with E-state index < -0.39 is 30.0 Å². The van der Waals surface area contributed by atoms with Crippen LogP contribution >= 0.6 is 0 Å². The summed E-state index contributed by atoms with van der Waals surface area (Å²) >= 11 is 0. The summed E-state index contributed by atoms with van der Waals surface area (Å²) in [7, 11) is 0. The Bertz CT molecular complexity index is 1010. The van der Waals surface area contributed by atoms with Gasteiger partial charge in [-0.25, -0.2) is 4.79 Å². The number of rotatable bonds is 8. The Balaban J connectivity index is 1.21. The molecule has 0 radical (unpaired) electrons. The number of morpholine rings is 1. The quantitative estimate of drug-likeness (QED) is 0.257. The van der Waals surface area contributed by atoms with E-state index in [0.29, 0.717) is 39.3 Å². The maximum absolute atomic E-state index is 12.6. The third-order valence-electron chi connectivity index (χ3n) is 8.39. The van der Waals surface area contributed by atoms with E-state index >= 15 is 0 Å². The molecule has 8 atom stereocenters. The van der Waals surface area contributed by atoms with Crippen LogP contribution in [0.5, 0.6) is 0 Å². The van der Waals surface area contributed by atoms with E-state index in [0.717, 1.165) is 18.4 Å². The maximum atomic E-state index is 12.6. The third kappa shape index (κ3) is 8.64. The van der Waals surface area contributed by atoms with Gasteiger partial charge in [0, 0.05) is 25.6 Å². The summed E-state index contributed by atoms with van der Waals surface area (Å²) in [6.07, 6.45) is 9.22. The van der Waals surface area contributed by atoms with E-state index in [1.54, 1.807) is 17.9 Å². The van der Waals surface area contributed by atoms with Crippen molar-refractivity contribution in [2.24, 2.45) is 5.92 Å². The molecule has 2 N–H and O–H groups in total. The van der Waals surface area contributed by atoms with Crippen LogP contribution in [0.4, 0.5) is 4.79 Å². The number of nitrogens with one attached hydrogen (secondary N) is 1. The smallest absolute Gasteiger partial charge is 0.410 e. The van der Waals surface area contributed by atoms with Crippen molar-refractivity contribution in [2.45, 2.75) is 109 Å². The van der Waals surface area contributed by atoms with Crippen LogP contribution in [0.1, 0.15) is 60.8 Å². The monoisotopic (exact) mass is 576 g/mol. The van der Waals surface area contributed by atoms with Gasteiger partial charge in [-0.05, 0) is 59.5 Å². The Morgan fingerprint density at radius 3 is 2.59 bits per heavy atom. The zero-order valence-corrected chi connectivity index (χ0v) is 25.3. The summed E-state index contributed by atoms with van der Waals surface area (Å²) in [5.41, 5.74) is 0.258. The molecule has 4 fully saturated rings. The number of carbonyl (C=O) groups excluding carboxylic acids is 2. The summed E-state index contributed by atoms with van der Waals surface area (Å²) in [5, 5.41) is 13.8. The SMILES string of the molecule is CC(C=C[C@H]1OC(C)(C)C[C@@]2(CO2)[C@@H]1O)=CC[C@@H]1O[C@H](C)C(NC(=O)C=C[C@H](C)OC(=O)N2CCOCC2)C[C@@H]1C. The first-order chi connectivity index (χ1) is 19.4. The summed E-state index contributed by atoms with van der Waals surface area (Å²) in [6, 6.07) is -0.111. The maximum Gasteiger partial charge on any atom is 0.410 e. The molecule has 4 aliphatic rings. The molecule has 4 heterocycles. The second kappa shape index (κ2) is 13.4. The van der Waals surface area contributed by atoms with Crippen molar-refractivity contribution in [3.05, 3.63) is 36.0 Å². The van der Waals surface area contributed by atoms with Gasteiger partial charge in [-0.3, -0.25) is 4.79 Å².